The van der Waals surface area contributed by atoms with Crippen LogP contribution < -0.4 is 0 Å². The van der Waals surface area contributed by atoms with Crippen molar-refractivity contribution >= 4 is 18.0 Å². The average Bonchev–Trinajstić information content (AvgIpc) is 2.88. The summed E-state index contributed by atoms with van der Waals surface area (Å²) < 4.78 is 0. The van der Waals surface area contributed by atoms with E-state index >= 15 is 0 Å². The minimum Gasteiger partial charge on any atom is -0.507 e. The third kappa shape index (κ3) is 3.51. The van der Waals surface area contributed by atoms with Gasteiger partial charge in [0.15, 0.2) is 11.4 Å². The first kappa shape index (κ1) is 18.6. The summed E-state index contributed by atoms with van der Waals surface area (Å²) in [6.45, 7) is 12.4. The zero-order valence-corrected chi connectivity index (χ0v) is 16.3. The molecular weight excluding hydrogens is 320 g/mol. The molecule has 2 N–H and O–H groups in total. The maximum atomic E-state index is 11.4. The number of rotatable bonds is 3. The van der Waals surface area contributed by atoms with Gasteiger partial charge in [-0.25, -0.2) is 4.98 Å². The molecule has 1 heterocycles. The third-order valence-electron chi connectivity index (χ3n) is 4.02. The van der Waals surface area contributed by atoms with E-state index in [1.807, 2.05) is 18.4 Å². The van der Waals surface area contributed by atoms with Gasteiger partial charge in [0.2, 0.25) is 0 Å². The van der Waals surface area contributed by atoms with E-state index in [9.17, 15) is 9.90 Å². The summed E-state index contributed by atoms with van der Waals surface area (Å²) in [6, 6.07) is 3.88. The van der Waals surface area contributed by atoms with Gasteiger partial charge in [-0.05, 0) is 29.2 Å². The van der Waals surface area contributed by atoms with Gasteiger partial charge >= 0.3 is 0 Å². The van der Waals surface area contributed by atoms with E-state index < -0.39 is 0 Å². The molecule has 2 aromatic rings. The molecule has 0 spiro atoms. The number of H-pyrrole nitrogens is 1. The summed E-state index contributed by atoms with van der Waals surface area (Å²) in [5, 5.41) is 11.5. The zero-order chi connectivity index (χ0) is 18.3. The number of imidazole rings is 1. The van der Waals surface area contributed by atoms with Gasteiger partial charge in [0.25, 0.3) is 0 Å². The number of nitrogens with zero attached hydrogens (tertiary/aromatic N) is 1. The highest BCUT2D eigenvalue weighted by atomic mass is 32.2. The molecule has 0 unspecified atom stereocenters. The molecule has 0 atom stereocenters. The zero-order valence-electron chi connectivity index (χ0n) is 15.4. The number of phenols is 1. The van der Waals surface area contributed by atoms with Crippen molar-refractivity contribution in [3.63, 3.8) is 0 Å². The smallest absolute Gasteiger partial charge is 0.168 e. The van der Waals surface area contributed by atoms with Gasteiger partial charge < -0.3 is 10.1 Å². The predicted molar refractivity (Wildman–Crippen MR) is 100 cm³/mol. The van der Waals surface area contributed by atoms with E-state index in [2.05, 4.69) is 51.5 Å². The quantitative estimate of drug-likeness (QED) is 0.612. The second-order valence-electron chi connectivity index (χ2n) is 8.05. The summed E-state index contributed by atoms with van der Waals surface area (Å²) in [5.41, 5.74) is 3.21. The minimum atomic E-state index is -0.222. The molecule has 5 heteroatoms. The van der Waals surface area contributed by atoms with E-state index in [1.54, 1.807) is 0 Å². The van der Waals surface area contributed by atoms with Crippen LogP contribution >= 0.6 is 11.8 Å². The molecule has 2 rings (SSSR count). The van der Waals surface area contributed by atoms with Crippen LogP contribution in [0.15, 0.2) is 17.3 Å². The van der Waals surface area contributed by atoms with E-state index in [1.165, 1.54) is 11.8 Å². The lowest BCUT2D eigenvalue weighted by Crippen LogP contribution is -2.17. The monoisotopic (exact) mass is 346 g/mol. The summed E-state index contributed by atoms with van der Waals surface area (Å²) in [4.78, 5) is 19.0. The Labute approximate surface area is 148 Å². The Hall–Kier alpha value is -1.75. The van der Waals surface area contributed by atoms with E-state index in [0.717, 1.165) is 23.0 Å². The van der Waals surface area contributed by atoms with Crippen LogP contribution in [0.1, 0.15) is 63.2 Å². The molecule has 1 aromatic heterocycles. The molecule has 0 aliphatic heterocycles. The normalized spacial score (nSPS) is 12.5. The fraction of sp³-hybridized carbons (Fsp3) is 0.474. The van der Waals surface area contributed by atoms with Crippen LogP contribution in [0, 0.1) is 0 Å². The van der Waals surface area contributed by atoms with Gasteiger partial charge in [0.05, 0.1) is 0 Å². The van der Waals surface area contributed by atoms with Crippen molar-refractivity contribution in [2.24, 2.45) is 0 Å². The number of aromatic amines is 1. The van der Waals surface area contributed by atoms with Crippen molar-refractivity contribution in [2.45, 2.75) is 57.5 Å². The number of nitrogens with one attached hydrogen (secondary N) is 1. The maximum absolute atomic E-state index is 11.4. The van der Waals surface area contributed by atoms with Gasteiger partial charge in [-0.15, -0.1) is 0 Å². The summed E-state index contributed by atoms with van der Waals surface area (Å²) in [7, 11) is 0. The number of carbonyl (C=O) groups is 1. The molecule has 0 aliphatic carbocycles. The molecule has 24 heavy (non-hydrogen) atoms. The number of benzene rings is 1. The number of aromatic hydroxyl groups is 1. The molecule has 0 saturated heterocycles. The second-order valence-corrected chi connectivity index (χ2v) is 8.84. The lowest BCUT2D eigenvalue weighted by molar-refractivity contribution is 0.112. The highest BCUT2D eigenvalue weighted by Crippen LogP contribution is 2.42. The molecule has 0 amide bonds. The predicted octanol–water partition coefficient (Wildman–Crippen LogP) is 4.91. The third-order valence-corrected chi connectivity index (χ3v) is 4.60. The van der Waals surface area contributed by atoms with Crippen LogP contribution in [0.5, 0.6) is 5.75 Å². The Morgan fingerprint density at radius 3 is 1.96 bits per heavy atom. The van der Waals surface area contributed by atoms with Crippen molar-refractivity contribution in [2.75, 3.05) is 6.26 Å². The average molecular weight is 346 g/mol. The Balaban J connectivity index is 2.80. The van der Waals surface area contributed by atoms with E-state index in [0.29, 0.717) is 22.3 Å². The molecule has 0 aliphatic rings. The van der Waals surface area contributed by atoms with Crippen LogP contribution in [0.4, 0.5) is 0 Å². The molecule has 1 aromatic carbocycles. The summed E-state index contributed by atoms with van der Waals surface area (Å²) in [5.74, 6) is 0.326. The highest BCUT2D eigenvalue weighted by molar-refractivity contribution is 7.98. The number of aromatic nitrogens is 2. The first-order valence-electron chi connectivity index (χ1n) is 7.96. The fourth-order valence-corrected chi connectivity index (χ4v) is 3.08. The van der Waals surface area contributed by atoms with Crippen LogP contribution in [0.25, 0.3) is 11.3 Å². The molecule has 130 valence electrons. The maximum Gasteiger partial charge on any atom is 0.168 e. The number of carbonyl (C=O) groups excluding carboxylic acids is 1. The second kappa shape index (κ2) is 6.28. The largest absolute Gasteiger partial charge is 0.507 e. The Morgan fingerprint density at radius 1 is 1.08 bits per heavy atom. The number of phenolic OH excluding ortho intramolecular Hbond substituents is 1. The van der Waals surface area contributed by atoms with Gasteiger partial charge in [-0.2, -0.15) is 0 Å². The Kier molecular flexibility index (Phi) is 4.86. The Bertz CT molecular complexity index is 730. The van der Waals surface area contributed by atoms with Crippen molar-refractivity contribution in [3.8, 4) is 17.0 Å². The Morgan fingerprint density at radius 2 is 1.58 bits per heavy atom. The number of aldehydes is 1. The van der Waals surface area contributed by atoms with Crippen LogP contribution in [0.3, 0.4) is 0 Å². The molecule has 0 radical (unpaired) electrons. The first-order chi connectivity index (χ1) is 11.0. The summed E-state index contributed by atoms with van der Waals surface area (Å²) >= 11 is 1.46. The van der Waals surface area contributed by atoms with E-state index in [-0.39, 0.29) is 10.8 Å². The van der Waals surface area contributed by atoms with Crippen molar-refractivity contribution in [1.82, 2.24) is 9.97 Å². The van der Waals surface area contributed by atoms with Crippen LogP contribution in [0.2, 0.25) is 0 Å². The van der Waals surface area contributed by atoms with E-state index in [4.69, 9.17) is 0 Å². The molecule has 4 nitrogen and oxygen atoms in total. The SMILES string of the molecule is CSc1nc(-c2cc(C(C)(C)C)c(O)c(C(C)(C)C)c2)c(C=O)[nH]1. The lowest BCUT2D eigenvalue weighted by atomic mass is 9.78. The number of thioether (sulfide) groups is 1. The lowest BCUT2D eigenvalue weighted by Gasteiger charge is -2.28. The highest BCUT2D eigenvalue weighted by Gasteiger charge is 2.27. The van der Waals surface area contributed by atoms with Gasteiger partial charge in [-0.1, -0.05) is 53.3 Å². The molecular formula is C19H26N2O2S. The van der Waals surface area contributed by atoms with Gasteiger partial charge in [0.1, 0.15) is 17.1 Å². The van der Waals surface area contributed by atoms with Crippen molar-refractivity contribution in [3.05, 3.63) is 29.0 Å². The molecule has 0 fully saturated rings. The van der Waals surface area contributed by atoms with Crippen LogP contribution in [-0.4, -0.2) is 27.6 Å². The van der Waals surface area contributed by atoms with Crippen LogP contribution in [-0.2, 0) is 10.8 Å². The minimum absolute atomic E-state index is 0.222. The molecule has 0 saturated carbocycles. The van der Waals surface area contributed by atoms with Crippen molar-refractivity contribution < 1.29 is 9.90 Å². The first-order valence-corrected chi connectivity index (χ1v) is 9.19. The standard InChI is InChI=1S/C19H26N2O2S/c1-18(2,3)12-8-11(9-13(16(12)23)19(4,5)6)15-14(10-22)20-17(21-15)24-7/h8-10,23H,1-7H3,(H,20,21). The van der Waals surface area contributed by atoms with Gasteiger partial charge in [-0.3, -0.25) is 4.79 Å². The fourth-order valence-electron chi connectivity index (χ4n) is 2.68. The van der Waals surface area contributed by atoms with Crippen molar-refractivity contribution in [1.29, 1.82) is 0 Å². The molecule has 0 bridgehead atoms. The van der Waals surface area contributed by atoms with Gasteiger partial charge in [0, 0.05) is 16.7 Å². The number of hydrogen-bond acceptors (Lipinski definition) is 4. The summed E-state index contributed by atoms with van der Waals surface area (Å²) in [6.07, 6.45) is 2.71. The number of hydrogen-bond donors (Lipinski definition) is 2. The topological polar surface area (TPSA) is 66.0 Å².